The number of ether oxygens (including phenoxy) is 1. The van der Waals surface area contributed by atoms with E-state index in [0.29, 0.717) is 18.9 Å². The lowest BCUT2D eigenvalue weighted by Gasteiger charge is -2.12. The fourth-order valence-electron chi connectivity index (χ4n) is 0.828. The Hall–Kier alpha value is -0.220. The molecular weight excluding hydrogens is 198 g/mol. The summed E-state index contributed by atoms with van der Waals surface area (Å²) in [6.07, 6.45) is 0.704. The number of carbonyl (C=O) groups excluding carboxylic acids is 1. The summed E-state index contributed by atoms with van der Waals surface area (Å²) in [6.45, 7) is 6.57. The monoisotopic (exact) mass is 219 g/mol. The Balaban J connectivity index is 3.54. The van der Waals surface area contributed by atoms with E-state index < -0.39 is 6.04 Å². The molecule has 0 fully saturated rings. The van der Waals surface area contributed by atoms with Gasteiger partial charge >= 0.3 is 5.97 Å². The molecule has 0 aromatic rings. The first-order valence-corrected chi connectivity index (χ1v) is 6.23. The number of esters is 1. The molecule has 14 heavy (non-hydrogen) atoms. The third-order valence-corrected chi connectivity index (χ3v) is 2.57. The molecule has 84 valence electrons. The van der Waals surface area contributed by atoms with Crippen LogP contribution in [0.1, 0.15) is 27.2 Å². The number of nitrogens with two attached hydrogens (primary N) is 1. The molecule has 0 spiro atoms. The summed E-state index contributed by atoms with van der Waals surface area (Å²) in [4.78, 5) is 11.3. The van der Waals surface area contributed by atoms with Gasteiger partial charge in [-0.1, -0.05) is 20.8 Å². The van der Waals surface area contributed by atoms with Crippen molar-refractivity contribution in [2.45, 2.75) is 33.2 Å². The molecule has 4 heteroatoms. The molecule has 0 aromatic heterocycles. The van der Waals surface area contributed by atoms with E-state index in [1.54, 1.807) is 11.8 Å². The Labute approximate surface area is 90.8 Å². The average Bonchev–Trinajstić information content (AvgIpc) is 2.14. The molecule has 3 nitrogen and oxygen atoms in total. The van der Waals surface area contributed by atoms with Crippen molar-refractivity contribution in [2.24, 2.45) is 11.7 Å². The van der Waals surface area contributed by atoms with Gasteiger partial charge in [-0.05, 0) is 23.8 Å². The molecule has 0 amide bonds. The predicted octanol–water partition coefficient (Wildman–Crippen LogP) is 1.66. The standard InChI is InChI=1S/C10H21NO2S/c1-4-14-6-5-9(11)10(12)13-7-8(2)3/h8-9H,4-7,11H2,1-3H3/t9-/m0/s1. The number of thioether (sulfide) groups is 1. The summed E-state index contributed by atoms with van der Waals surface area (Å²) in [5, 5.41) is 0. The molecule has 0 bridgehead atoms. The Morgan fingerprint density at radius 1 is 1.50 bits per heavy atom. The zero-order valence-corrected chi connectivity index (χ0v) is 10.1. The second-order valence-electron chi connectivity index (χ2n) is 3.62. The molecule has 0 radical (unpaired) electrons. The van der Waals surface area contributed by atoms with E-state index >= 15 is 0 Å². The molecule has 2 N–H and O–H groups in total. The van der Waals surface area contributed by atoms with Gasteiger partial charge in [0.1, 0.15) is 6.04 Å². The number of hydrogen-bond acceptors (Lipinski definition) is 4. The summed E-state index contributed by atoms with van der Waals surface area (Å²) in [5.74, 6) is 2.09. The highest BCUT2D eigenvalue weighted by Crippen LogP contribution is 2.04. The van der Waals surface area contributed by atoms with Crippen LogP contribution in [0.3, 0.4) is 0 Å². The summed E-state index contributed by atoms with van der Waals surface area (Å²) in [6, 6.07) is -0.451. The SMILES string of the molecule is CCSCC[C@H](N)C(=O)OCC(C)C. The molecule has 1 atom stereocenters. The van der Waals surface area contributed by atoms with Crippen LogP contribution in [0.25, 0.3) is 0 Å². The minimum atomic E-state index is -0.451. The first kappa shape index (κ1) is 13.8. The van der Waals surface area contributed by atoms with Crippen LogP contribution < -0.4 is 5.73 Å². The molecule has 0 saturated heterocycles. The van der Waals surface area contributed by atoms with Gasteiger partial charge in [0.15, 0.2) is 0 Å². The van der Waals surface area contributed by atoms with E-state index in [-0.39, 0.29) is 5.97 Å². The van der Waals surface area contributed by atoms with E-state index in [0.717, 1.165) is 11.5 Å². The molecule has 0 aromatic carbocycles. The highest BCUT2D eigenvalue weighted by atomic mass is 32.2. The first-order valence-electron chi connectivity index (χ1n) is 5.07. The lowest BCUT2D eigenvalue weighted by atomic mass is 10.2. The summed E-state index contributed by atoms with van der Waals surface area (Å²) < 4.78 is 5.02. The summed E-state index contributed by atoms with van der Waals surface area (Å²) >= 11 is 1.79. The maximum absolute atomic E-state index is 11.3. The van der Waals surface area contributed by atoms with Gasteiger partial charge in [-0.15, -0.1) is 0 Å². The van der Waals surface area contributed by atoms with Crippen LogP contribution in [0.15, 0.2) is 0 Å². The van der Waals surface area contributed by atoms with Crippen molar-refractivity contribution in [3.05, 3.63) is 0 Å². The molecular formula is C10H21NO2S. The van der Waals surface area contributed by atoms with Gasteiger partial charge in [0.2, 0.25) is 0 Å². The smallest absolute Gasteiger partial charge is 0.322 e. The minimum absolute atomic E-state index is 0.268. The summed E-state index contributed by atoms with van der Waals surface area (Å²) in [7, 11) is 0. The maximum Gasteiger partial charge on any atom is 0.322 e. The third-order valence-electron chi connectivity index (χ3n) is 1.64. The fraction of sp³-hybridized carbons (Fsp3) is 0.900. The van der Waals surface area contributed by atoms with E-state index in [4.69, 9.17) is 10.5 Å². The van der Waals surface area contributed by atoms with Gasteiger partial charge in [0.05, 0.1) is 6.61 Å². The van der Waals surface area contributed by atoms with Gasteiger partial charge in [0.25, 0.3) is 0 Å². The molecule has 0 rings (SSSR count). The fourth-order valence-corrected chi connectivity index (χ4v) is 1.54. The lowest BCUT2D eigenvalue weighted by molar-refractivity contribution is -0.146. The first-order chi connectivity index (χ1) is 6.57. The van der Waals surface area contributed by atoms with Crippen LogP contribution >= 0.6 is 11.8 Å². The van der Waals surface area contributed by atoms with Crippen molar-refractivity contribution < 1.29 is 9.53 Å². The largest absolute Gasteiger partial charge is 0.464 e. The highest BCUT2D eigenvalue weighted by Gasteiger charge is 2.14. The average molecular weight is 219 g/mol. The van der Waals surface area contributed by atoms with Gasteiger partial charge < -0.3 is 10.5 Å². The van der Waals surface area contributed by atoms with Crippen molar-refractivity contribution in [1.29, 1.82) is 0 Å². The topological polar surface area (TPSA) is 52.3 Å². The molecule has 0 saturated carbocycles. The molecule has 0 heterocycles. The van der Waals surface area contributed by atoms with Crippen LogP contribution in [0.4, 0.5) is 0 Å². The Morgan fingerprint density at radius 3 is 2.64 bits per heavy atom. The van der Waals surface area contributed by atoms with Crippen molar-refractivity contribution in [2.75, 3.05) is 18.1 Å². The van der Waals surface area contributed by atoms with Crippen LogP contribution in [-0.4, -0.2) is 30.1 Å². The second kappa shape index (κ2) is 8.12. The van der Waals surface area contributed by atoms with E-state index in [9.17, 15) is 4.79 Å². The van der Waals surface area contributed by atoms with Crippen molar-refractivity contribution in [3.63, 3.8) is 0 Å². The van der Waals surface area contributed by atoms with Crippen molar-refractivity contribution >= 4 is 17.7 Å². The van der Waals surface area contributed by atoms with Crippen molar-refractivity contribution in [3.8, 4) is 0 Å². The quantitative estimate of drug-likeness (QED) is 0.522. The normalized spacial score (nSPS) is 12.9. The van der Waals surface area contributed by atoms with E-state index in [2.05, 4.69) is 6.92 Å². The third kappa shape index (κ3) is 7.21. The number of carbonyl (C=O) groups is 1. The Kier molecular flexibility index (Phi) is 7.99. The summed E-state index contributed by atoms with van der Waals surface area (Å²) in [5.41, 5.74) is 5.66. The van der Waals surface area contributed by atoms with Crippen LogP contribution in [0.2, 0.25) is 0 Å². The van der Waals surface area contributed by atoms with Gasteiger partial charge in [-0.25, -0.2) is 0 Å². The van der Waals surface area contributed by atoms with Gasteiger partial charge in [-0.2, -0.15) is 11.8 Å². The second-order valence-corrected chi connectivity index (χ2v) is 5.01. The number of hydrogen-bond donors (Lipinski definition) is 1. The van der Waals surface area contributed by atoms with Crippen LogP contribution in [0, 0.1) is 5.92 Å². The number of rotatable bonds is 7. The molecule has 0 aliphatic rings. The minimum Gasteiger partial charge on any atom is -0.464 e. The van der Waals surface area contributed by atoms with Crippen LogP contribution in [0.5, 0.6) is 0 Å². The predicted molar refractivity (Wildman–Crippen MR) is 61.4 cm³/mol. The molecule has 0 unspecified atom stereocenters. The Bertz CT molecular complexity index is 162. The van der Waals surface area contributed by atoms with Gasteiger partial charge in [-0.3, -0.25) is 4.79 Å². The Morgan fingerprint density at radius 2 is 2.14 bits per heavy atom. The van der Waals surface area contributed by atoms with E-state index in [1.807, 2.05) is 13.8 Å². The maximum atomic E-state index is 11.3. The van der Waals surface area contributed by atoms with Crippen LogP contribution in [-0.2, 0) is 9.53 Å². The molecule has 0 aliphatic heterocycles. The van der Waals surface area contributed by atoms with Gasteiger partial charge in [0, 0.05) is 0 Å². The zero-order valence-electron chi connectivity index (χ0n) is 9.29. The zero-order chi connectivity index (χ0) is 11.0. The van der Waals surface area contributed by atoms with E-state index in [1.165, 1.54) is 0 Å². The molecule has 0 aliphatic carbocycles. The van der Waals surface area contributed by atoms with Crippen molar-refractivity contribution in [1.82, 2.24) is 0 Å². The highest BCUT2D eigenvalue weighted by molar-refractivity contribution is 7.99. The lowest BCUT2D eigenvalue weighted by Crippen LogP contribution is -2.33.